The number of amides is 1. The molecule has 0 unspecified atom stereocenters. The number of nitrogens with zero attached hydrogens (tertiary/aromatic N) is 5. The Kier molecular flexibility index (Phi) is 6.10. The Morgan fingerprint density at radius 1 is 1.24 bits per heavy atom. The third-order valence-electron chi connectivity index (χ3n) is 4.01. The van der Waals surface area contributed by atoms with E-state index < -0.39 is 17.7 Å². The number of hydrazone groups is 1. The number of rotatable bonds is 6. The van der Waals surface area contributed by atoms with E-state index in [0.717, 1.165) is 12.1 Å². The molecule has 10 heteroatoms. The number of carbonyl (C=O) groups excluding carboxylic acids is 1. The summed E-state index contributed by atoms with van der Waals surface area (Å²) in [7, 11) is 0. The highest BCUT2D eigenvalue weighted by Crippen LogP contribution is 2.16. The summed E-state index contributed by atoms with van der Waals surface area (Å²) in [6, 6.07) is 6.56. The summed E-state index contributed by atoms with van der Waals surface area (Å²) >= 11 is 0. The number of fused-ring (bicyclic) bond motifs is 1. The lowest BCUT2D eigenvalue weighted by atomic mass is 10.0. The van der Waals surface area contributed by atoms with Gasteiger partial charge in [0.05, 0.1) is 18.0 Å². The first-order valence-corrected chi connectivity index (χ1v) is 9.05. The number of halogens is 2. The lowest BCUT2D eigenvalue weighted by molar-refractivity contribution is 0.152. The molecule has 0 spiro atoms. The van der Waals surface area contributed by atoms with Crippen LogP contribution < -0.4 is 5.43 Å². The maximum Gasteiger partial charge on any atom is 0.427 e. The molecular formula is C19H20F2N6O2. The highest BCUT2D eigenvalue weighted by molar-refractivity contribution is 6.02. The van der Waals surface area contributed by atoms with Crippen molar-refractivity contribution in [2.75, 3.05) is 6.61 Å². The van der Waals surface area contributed by atoms with Gasteiger partial charge in [-0.2, -0.15) is 14.7 Å². The zero-order valence-electron chi connectivity index (χ0n) is 16.2. The molecule has 3 rings (SSSR count). The number of benzene rings is 1. The lowest BCUT2D eigenvalue weighted by Crippen LogP contribution is -2.22. The molecule has 1 amide bonds. The predicted molar refractivity (Wildman–Crippen MR) is 102 cm³/mol. The third-order valence-corrected chi connectivity index (χ3v) is 4.01. The summed E-state index contributed by atoms with van der Waals surface area (Å²) in [6.07, 6.45) is -0.711. The average Bonchev–Trinajstić information content (AvgIpc) is 3.09. The molecule has 0 radical (unpaired) electrons. The molecule has 0 aliphatic rings. The summed E-state index contributed by atoms with van der Waals surface area (Å²) in [5.74, 6) is -0.740. The maximum absolute atomic E-state index is 14.3. The van der Waals surface area contributed by atoms with Crippen molar-refractivity contribution >= 4 is 17.5 Å². The Hall–Kier alpha value is -3.43. The second-order valence-corrected chi connectivity index (χ2v) is 6.50. The zero-order chi connectivity index (χ0) is 21.0. The molecule has 0 saturated heterocycles. The summed E-state index contributed by atoms with van der Waals surface area (Å²) in [4.78, 5) is 11.6. The fourth-order valence-corrected chi connectivity index (χ4v) is 2.66. The second kappa shape index (κ2) is 8.72. The molecule has 0 saturated carbocycles. The van der Waals surface area contributed by atoms with Crippen molar-refractivity contribution in [2.24, 2.45) is 5.10 Å². The molecule has 2 heterocycles. The summed E-state index contributed by atoms with van der Waals surface area (Å²) in [6.45, 7) is 5.74. The number of carbonyl (C=O) groups is 1. The lowest BCUT2D eigenvalue weighted by Gasteiger charge is -2.10. The monoisotopic (exact) mass is 402 g/mol. The second-order valence-electron chi connectivity index (χ2n) is 6.50. The first-order valence-electron chi connectivity index (χ1n) is 9.05. The van der Waals surface area contributed by atoms with E-state index in [1.807, 2.05) is 13.8 Å². The van der Waals surface area contributed by atoms with Gasteiger partial charge < -0.3 is 4.74 Å². The fraction of sp³-hybridized carbons (Fsp3) is 0.316. The number of ether oxygens (including phenoxy) is 1. The zero-order valence-corrected chi connectivity index (χ0v) is 16.2. The molecule has 0 fully saturated rings. The van der Waals surface area contributed by atoms with Gasteiger partial charge in [-0.05, 0) is 31.2 Å². The largest absolute Gasteiger partial charge is 0.449 e. The van der Waals surface area contributed by atoms with Gasteiger partial charge >= 0.3 is 6.09 Å². The normalized spacial score (nSPS) is 11.9. The molecule has 0 bridgehead atoms. The number of hydrogen-bond acceptors (Lipinski definition) is 6. The van der Waals surface area contributed by atoms with Crippen molar-refractivity contribution in [3.8, 4) is 0 Å². The van der Waals surface area contributed by atoms with Crippen LogP contribution in [0.5, 0.6) is 0 Å². The van der Waals surface area contributed by atoms with Gasteiger partial charge in [0.25, 0.3) is 0 Å². The number of aromatic nitrogens is 4. The Morgan fingerprint density at radius 3 is 2.72 bits per heavy atom. The maximum atomic E-state index is 14.3. The van der Waals surface area contributed by atoms with Crippen LogP contribution in [0.15, 0.2) is 35.4 Å². The van der Waals surface area contributed by atoms with Gasteiger partial charge in [0.2, 0.25) is 0 Å². The molecule has 8 nitrogen and oxygen atoms in total. The van der Waals surface area contributed by atoms with Gasteiger partial charge in [-0.3, -0.25) is 0 Å². The minimum absolute atomic E-state index is 0.0398. The van der Waals surface area contributed by atoms with Crippen molar-refractivity contribution < 1.29 is 18.3 Å². The predicted octanol–water partition coefficient (Wildman–Crippen LogP) is 3.22. The van der Waals surface area contributed by atoms with Crippen LogP contribution in [0.25, 0.3) is 5.65 Å². The molecule has 3 aromatic rings. The van der Waals surface area contributed by atoms with E-state index in [1.165, 1.54) is 6.07 Å². The van der Waals surface area contributed by atoms with Gasteiger partial charge in [0, 0.05) is 24.0 Å². The van der Waals surface area contributed by atoms with Crippen molar-refractivity contribution in [2.45, 2.75) is 33.1 Å². The Bertz CT molecular complexity index is 1060. The van der Waals surface area contributed by atoms with Gasteiger partial charge in [0.1, 0.15) is 11.6 Å². The summed E-state index contributed by atoms with van der Waals surface area (Å²) in [5, 5.41) is 16.7. The topological polar surface area (TPSA) is 93.8 Å². The number of hydrogen-bond donors (Lipinski definition) is 1. The van der Waals surface area contributed by atoms with E-state index in [-0.39, 0.29) is 30.2 Å². The average molecular weight is 402 g/mol. The fourth-order valence-electron chi connectivity index (χ4n) is 2.66. The molecular weight excluding hydrogens is 382 g/mol. The van der Waals surface area contributed by atoms with Crippen LogP contribution in [-0.2, 0) is 11.2 Å². The molecule has 1 aromatic carbocycles. The highest BCUT2D eigenvalue weighted by Gasteiger charge is 2.16. The van der Waals surface area contributed by atoms with Crippen molar-refractivity contribution in [3.05, 3.63) is 59.0 Å². The highest BCUT2D eigenvalue weighted by atomic mass is 19.1. The molecule has 0 atom stereocenters. The van der Waals surface area contributed by atoms with Crippen LogP contribution in [0.3, 0.4) is 0 Å². The van der Waals surface area contributed by atoms with Crippen LogP contribution in [-0.4, -0.2) is 38.2 Å². The Morgan fingerprint density at radius 2 is 2.03 bits per heavy atom. The molecule has 0 aliphatic carbocycles. The number of nitrogens with one attached hydrogen (secondary N) is 1. The van der Waals surface area contributed by atoms with Gasteiger partial charge in [0.15, 0.2) is 11.5 Å². The first-order chi connectivity index (χ1) is 13.9. The summed E-state index contributed by atoms with van der Waals surface area (Å²) in [5.41, 5.74) is 3.52. The van der Waals surface area contributed by atoms with Gasteiger partial charge in [-0.15, -0.1) is 10.2 Å². The van der Waals surface area contributed by atoms with E-state index in [1.54, 1.807) is 23.6 Å². The van der Waals surface area contributed by atoms with Gasteiger partial charge in [-0.1, -0.05) is 13.8 Å². The minimum Gasteiger partial charge on any atom is -0.449 e. The van der Waals surface area contributed by atoms with Crippen LogP contribution in [0.4, 0.5) is 13.6 Å². The van der Waals surface area contributed by atoms with E-state index >= 15 is 0 Å². The third kappa shape index (κ3) is 4.71. The summed E-state index contributed by atoms with van der Waals surface area (Å²) < 4.78 is 34.0. The minimum atomic E-state index is -0.803. The van der Waals surface area contributed by atoms with Crippen molar-refractivity contribution in [1.82, 2.24) is 25.2 Å². The first kappa shape index (κ1) is 20.3. The quantitative estimate of drug-likeness (QED) is 0.505. The van der Waals surface area contributed by atoms with Gasteiger partial charge in [-0.25, -0.2) is 19.0 Å². The van der Waals surface area contributed by atoms with E-state index in [0.29, 0.717) is 17.2 Å². The smallest absolute Gasteiger partial charge is 0.427 e. The van der Waals surface area contributed by atoms with Crippen LogP contribution in [0.1, 0.15) is 43.8 Å². The van der Waals surface area contributed by atoms with Crippen molar-refractivity contribution in [1.29, 1.82) is 0 Å². The SMILES string of the molecule is CCOC(=O)NN=C(Cc1ccc2nnc(C(C)C)n2n1)c1ccc(F)cc1F. The standard InChI is InChI=1S/C19H20F2N6O2/c1-4-29-19(28)25-22-16(14-7-5-12(20)9-15(14)21)10-13-6-8-17-23-24-18(11(2)3)27(17)26-13/h5-9,11H,4,10H2,1-3H3,(H,25,28). The van der Waals surface area contributed by atoms with E-state index in [2.05, 4.69) is 25.8 Å². The van der Waals surface area contributed by atoms with Crippen LogP contribution >= 0.6 is 0 Å². The van der Waals surface area contributed by atoms with E-state index in [4.69, 9.17) is 4.74 Å². The van der Waals surface area contributed by atoms with Crippen LogP contribution in [0.2, 0.25) is 0 Å². The van der Waals surface area contributed by atoms with Crippen molar-refractivity contribution in [3.63, 3.8) is 0 Å². The molecule has 152 valence electrons. The molecule has 2 aromatic heterocycles. The van der Waals surface area contributed by atoms with E-state index in [9.17, 15) is 13.6 Å². The Labute approximate surface area is 165 Å². The Balaban J connectivity index is 1.98. The molecule has 29 heavy (non-hydrogen) atoms. The van der Waals surface area contributed by atoms with Crippen LogP contribution in [0, 0.1) is 11.6 Å². The molecule has 0 aliphatic heterocycles. The molecule has 1 N–H and O–H groups in total.